The van der Waals surface area contributed by atoms with Crippen LogP contribution in [-0.2, 0) is 4.79 Å². The van der Waals surface area contributed by atoms with Crippen molar-refractivity contribution in [2.45, 2.75) is 34.6 Å². The molecule has 0 fully saturated rings. The topological polar surface area (TPSA) is 40.9 Å². The summed E-state index contributed by atoms with van der Waals surface area (Å²) < 4.78 is 0. The summed E-state index contributed by atoms with van der Waals surface area (Å²) in [6.07, 6.45) is 0. The summed E-state index contributed by atoms with van der Waals surface area (Å²) in [7, 11) is 0. The molecule has 0 unspecified atom stereocenters. The molecule has 0 saturated heterocycles. The molecule has 0 rings (SSSR count). The Morgan fingerprint density at radius 1 is 1.25 bits per heavy atom. The van der Waals surface area contributed by atoms with Gasteiger partial charge < -0.3 is 0 Å². The van der Waals surface area contributed by atoms with Crippen LogP contribution in [0, 0.1) is 16.7 Å². The molecule has 12 heavy (non-hydrogen) atoms. The molecule has 0 saturated carbocycles. The first-order valence-corrected chi connectivity index (χ1v) is 3.93. The van der Waals surface area contributed by atoms with Crippen molar-refractivity contribution in [3.05, 3.63) is 11.1 Å². The highest BCUT2D eigenvalue weighted by atomic mass is 16.1. The fourth-order valence-corrected chi connectivity index (χ4v) is 0.765. The molecule has 0 aromatic heterocycles. The molecule has 0 N–H and O–H groups in total. The molecular formula is C10H15NO. The molecule has 2 heteroatoms. The summed E-state index contributed by atoms with van der Waals surface area (Å²) in [4.78, 5) is 11.6. The van der Waals surface area contributed by atoms with Gasteiger partial charge in [-0.15, -0.1) is 0 Å². The van der Waals surface area contributed by atoms with Gasteiger partial charge in [-0.05, 0) is 13.8 Å². The van der Waals surface area contributed by atoms with E-state index in [2.05, 4.69) is 0 Å². The summed E-state index contributed by atoms with van der Waals surface area (Å²) in [6, 6.07) is 1.94. The smallest absolute Gasteiger partial charge is 0.178 e. The lowest BCUT2D eigenvalue weighted by Crippen LogP contribution is -2.22. The van der Waals surface area contributed by atoms with E-state index < -0.39 is 5.41 Å². The molecule has 0 aliphatic rings. The van der Waals surface area contributed by atoms with E-state index in [1.54, 1.807) is 13.8 Å². The zero-order valence-corrected chi connectivity index (χ0v) is 8.36. The summed E-state index contributed by atoms with van der Waals surface area (Å²) in [5.74, 6) is -0.0787. The summed E-state index contributed by atoms with van der Waals surface area (Å²) >= 11 is 0. The lowest BCUT2D eigenvalue weighted by Gasteiger charge is -2.16. The van der Waals surface area contributed by atoms with Crippen LogP contribution in [0.15, 0.2) is 11.1 Å². The van der Waals surface area contributed by atoms with E-state index in [1.807, 2.05) is 26.8 Å². The van der Waals surface area contributed by atoms with Crippen molar-refractivity contribution in [3.8, 4) is 6.07 Å². The summed E-state index contributed by atoms with van der Waals surface area (Å²) in [6.45, 7) is 9.01. The molecule has 0 bridgehead atoms. The van der Waals surface area contributed by atoms with Gasteiger partial charge in [0.05, 0.1) is 5.57 Å². The number of nitriles is 1. The van der Waals surface area contributed by atoms with Crippen LogP contribution in [0.25, 0.3) is 0 Å². The largest absolute Gasteiger partial charge is 0.293 e. The van der Waals surface area contributed by atoms with Crippen molar-refractivity contribution in [3.63, 3.8) is 0 Å². The van der Waals surface area contributed by atoms with Crippen molar-refractivity contribution < 1.29 is 4.79 Å². The van der Waals surface area contributed by atoms with E-state index in [0.29, 0.717) is 5.57 Å². The molecule has 0 aliphatic heterocycles. The molecule has 0 amide bonds. The second kappa shape index (κ2) is 3.53. The standard InChI is InChI=1S/C10H15NO/c1-7(2)8(6-11)9(12)10(3,4)5/h1-5H3. The maximum atomic E-state index is 11.6. The van der Waals surface area contributed by atoms with Crippen molar-refractivity contribution in [2.75, 3.05) is 0 Å². The molecule has 0 radical (unpaired) electrons. The lowest BCUT2D eigenvalue weighted by molar-refractivity contribution is -0.122. The average molecular weight is 165 g/mol. The zero-order chi connectivity index (χ0) is 9.94. The van der Waals surface area contributed by atoms with Crippen molar-refractivity contribution in [1.29, 1.82) is 5.26 Å². The highest BCUT2D eigenvalue weighted by Crippen LogP contribution is 2.21. The van der Waals surface area contributed by atoms with Gasteiger partial charge in [0.15, 0.2) is 5.78 Å². The SMILES string of the molecule is CC(C)=C(C#N)C(=O)C(C)(C)C. The zero-order valence-electron chi connectivity index (χ0n) is 8.36. The van der Waals surface area contributed by atoms with E-state index in [0.717, 1.165) is 5.57 Å². The van der Waals surface area contributed by atoms with Crippen LogP contribution >= 0.6 is 0 Å². The third-order valence-electron chi connectivity index (χ3n) is 1.52. The van der Waals surface area contributed by atoms with Crippen molar-refractivity contribution >= 4 is 5.78 Å². The van der Waals surface area contributed by atoms with Gasteiger partial charge in [-0.1, -0.05) is 26.3 Å². The first-order chi connectivity index (χ1) is 5.30. The fraction of sp³-hybridized carbons (Fsp3) is 0.600. The molecule has 0 spiro atoms. The minimum absolute atomic E-state index is 0.0787. The van der Waals surface area contributed by atoms with Crippen LogP contribution < -0.4 is 0 Å². The average Bonchev–Trinajstić information content (AvgIpc) is 1.86. The second-order valence-corrected chi connectivity index (χ2v) is 4.07. The maximum absolute atomic E-state index is 11.6. The van der Waals surface area contributed by atoms with Gasteiger partial charge in [0, 0.05) is 5.41 Å². The molecule has 0 aromatic carbocycles. The molecule has 0 heterocycles. The van der Waals surface area contributed by atoms with Gasteiger partial charge in [-0.2, -0.15) is 5.26 Å². The molecule has 0 aliphatic carbocycles. The molecule has 66 valence electrons. The van der Waals surface area contributed by atoms with E-state index >= 15 is 0 Å². The monoisotopic (exact) mass is 165 g/mol. The van der Waals surface area contributed by atoms with Crippen LogP contribution in [0.3, 0.4) is 0 Å². The van der Waals surface area contributed by atoms with Gasteiger partial charge in [0.25, 0.3) is 0 Å². The number of allylic oxidation sites excluding steroid dienone is 2. The van der Waals surface area contributed by atoms with Crippen LogP contribution in [-0.4, -0.2) is 5.78 Å². The summed E-state index contributed by atoms with van der Waals surface area (Å²) in [5, 5.41) is 8.70. The molecule has 2 nitrogen and oxygen atoms in total. The molecule has 0 aromatic rings. The molecule has 0 atom stereocenters. The highest BCUT2D eigenvalue weighted by Gasteiger charge is 2.25. The predicted molar refractivity (Wildman–Crippen MR) is 48.4 cm³/mol. The number of hydrogen-bond acceptors (Lipinski definition) is 2. The lowest BCUT2D eigenvalue weighted by atomic mass is 9.85. The van der Waals surface area contributed by atoms with E-state index in [1.165, 1.54) is 0 Å². The highest BCUT2D eigenvalue weighted by molar-refractivity contribution is 6.02. The van der Waals surface area contributed by atoms with Gasteiger partial charge in [0.2, 0.25) is 0 Å². The Kier molecular flexibility index (Phi) is 3.21. The van der Waals surface area contributed by atoms with E-state index in [-0.39, 0.29) is 5.78 Å². The quantitative estimate of drug-likeness (QED) is 0.442. The van der Waals surface area contributed by atoms with E-state index in [9.17, 15) is 4.79 Å². The Bertz CT molecular complexity index is 257. The Balaban J connectivity index is 4.98. The van der Waals surface area contributed by atoms with Gasteiger partial charge >= 0.3 is 0 Å². The molecular weight excluding hydrogens is 150 g/mol. The van der Waals surface area contributed by atoms with Crippen LogP contribution in [0.4, 0.5) is 0 Å². The third-order valence-corrected chi connectivity index (χ3v) is 1.52. The number of carbonyl (C=O) groups excluding carboxylic acids is 1. The first kappa shape index (κ1) is 10.9. The maximum Gasteiger partial charge on any atom is 0.178 e. The Morgan fingerprint density at radius 3 is 1.75 bits per heavy atom. The Morgan fingerprint density at radius 2 is 1.67 bits per heavy atom. The Hall–Kier alpha value is -1.10. The number of carbonyl (C=O) groups is 1. The van der Waals surface area contributed by atoms with Gasteiger partial charge in [-0.3, -0.25) is 4.79 Å². The van der Waals surface area contributed by atoms with Crippen LogP contribution in [0.1, 0.15) is 34.6 Å². The van der Waals surface area contributed by atoms with Crippen LogP contribution in [0.2, 0.25) is 0 Å². The van der Waals surface area contributed by atoms with Gasteiger partial charge in [0.1, 0.15) is 6.07 Å². The van der Waals surface area contributed by atoms with Crippen molar-refractivity contribution in [1.82, 2.24) is 0 Å². The minimum atomic E-state index is -0.456. The second-order valence-electron chi connectivity index (χ2n) is 4.07. The number of nitrogens with zero attached hydrogens (tertiary/aromatic N) is 1. The normalized spacial score (nSPS) is 10.3. The number of ketones is 1. The van der Waals surface area contributed by atoms with Crippen molar-refractivity contribution in [2.24, 2.45) is 5.41 Å². The first-order valence-electron chi connectivity index (χ1n) is 3.93. The minimum Gasteiger partial charge on any atom is -0.293 e. The fourth-order valence-electron chi connectivity index (χ4n) is 0.765. The van der Waals surface area contributed by atoms with E-state index in [4.69, 9.17) is 5.26 Å². The number of rotatable bonds is 1. The summed E-state index contributed by atoms with van der Waals surface area (Å²) in [5.41, 5.74) is 0.627. The van der Waals surface area contributed by atoms with Gasteiger partial charge in [-0.25, -0.2) is 0 Å². The van der Waals surface area contributed by atoms with Crippen LogP contribution in [0.5, 0.6) is 0 Å². The number of Topliss-reactive ketones (excluding diaryl/α,β-unsaturated/α-hetero) is 1. The third kappa shape index (κ3) is 2.50. The predicted octanol–water partition coefficient (Wildman–Crippen LogP) is 2.46. The Labute approximate surface area is 73.9 Å². The number of hydrogen-bond donors (Lipinski definition) is 0.